The van der Waals surface area contributed by atoms with Gasteiger partial charge in [0, 0.05) is 55.6 Å². The minimum Gasteiger partial charge on any atom is -0.491 e. The molecule has 10 heteroatoms. The number of β-amino-alcohol motifs (C(OH)–C–C–N with tert-alkyl or cyclic N) is 1. The van der Waals surface area contributed by atoms with Crippen LogP contribution in [0.15, 0.2) is 60.8 Å². The molecule has 2 fully saturated rings. The molecule has 0 radical (unpaired) electrons. The Morgan fingerprint density at radius 2 is 1.90 bits per heavy atom. The predicted octanol–water partition coefficient (Wildman–Crippen LogP) is 5.57. The summed E-state index contributed by atoms with van der Waals surface area (Å²) in [6.45, 7) is 5.68. The molecule has 0 amide bonds. The van der Waals surface area contributed by atoms with Crippen molar-refractivity contribution in [3.05, 3.63) is 87.7 Å². The van der Waals surface area contributed by atoms with Gasteiger partial charge in [-0.15, -0.1) is 0 Å². The zero-order valence-electron chi connectivity index (χ0n) is 23.9. The lowest BCUT2D eigenvalue weighted by molar-refractivity contribution is -0.169. The van der Waals surface area contributed by atoms with Crippen LogP contribution in [0.3, 0.4) is 0 Å². The van der Waals surface area contributed by atoms with Crippen LogP contribution in [-0.2, 0) is 21.7 Å². The number of aliphatic hydroxyl groups is 2. The summed E-state index contributed by atoms with van der Waals surface area (Å²) in [5.74, 6) is 0.615. The van der Waals surface area contributed by atoms with Gasteiger partial charge in [0.15, 0.2) is 6.29 Å². The minimum absolute atomic E-state index is 0.0202. The Balaban J connectivity index is 1.28. The zero-order chi connectivity index (χ0) is 29.5. The first-order valence-electron chi connectivity index (χ1n) is 14.5. The van der Waals surface area contributed by atoms with E-state index in [2.05, 4.69) is 14.8 Å². The Labute approximate surface area is 257 Å². The normalized spacial score (nSPS) is 21.2. The number of benzene rings is 2. The second-order valence-electron chi connectivity index (χ2n) is 11.1. The van der Waals surface area contributed by atoms with Crippen LogP contribution in [0.2, 0.25) is 10.0 Å². The molecule has 8 nitrogen and oxygen atoms in total. The standard InChI is InChI=1S/C32H39Cl2N3O5/c1-32(39,24-7-10-26(35-19-24)21-42-31-4-2-3-16-41-31)22-36-13-14-37(30(20-36)23-5-8-25(33)9-6-23)29-12-11-27(18-28(29)34)40-17-15-38/h5-12,18-19,30-31,38-39H,2-4,13-17,20-22H2,1H3/t30-,31?,32+/m0/s1. The maximum Gasteiger partial charge on any atom is 0.158 e. The molecule has 2 saturated heterocycles. The Bertz CT molecular complexity index is 1290. The van der Waals surface area contributed by atoms with Crippen LogP contribution in [0, 0.1) is 0 Å². The van der Waals surface area contributed by atoms with E-state index in [1.807, 2.05) is 55.5 Å². The number of piperazine rings is 1. The third kappa shape index (κ3) is 7.94. The topological polar surface area (TPSA) is 87.5 Å². The second kappa shape index (κ2) is 14.4. The van der Waals surface area contributed by atoms with Gasteiger partial charge in [-0.3, -0.25) is 9.88 Å². The van der Waals surface area contributed by atoms with Crippen molar-refractivity contribution in [1.82, 2.24) is 9.88 Å². The van der Waals surface area contributed by atoms with Gasteiger partial charge < -0.3 is 29.3 Å². The molecule has 2 aliphatic heterocycles. The molecule has 5 rings (SSSR count). The molecule has 42 heavy (non-hydrogen) atoms. The molecule has 1 aromatic heterocycles. The number of rotatable bonds is 11. The summed E-state index contributed by atoms with van der Waals surface area (Å²) in [6, 6.07) is 17.3. The van der Waals surface area contributed by atoms with Crippen molar-refractivity contribution in [2.45, 2.75) is 50.7 Å². The summed E-state index contributed by atoms with van der Waals surface area (Å²) in [5, 5.41) is 21.9. The molecule has 3 atom stereocenters. The number of aliphatic hydroxyl groups excluding tert-OH is 1. The van der Waals surface area contributed by atoms with Crippen molar-refractivity contribution in [2.75, 3.05) is 50.9 Å². The number of halogens is 2. The van der Waals surface area contributed by atoms with Gasteiger partial charge in [-0.05, 0) is 62.1 Å². The fraction of sp³-hybridized carbons (Fsp3) is 0.469. The summed E-state index contributed by atoms with van der Waals surface area (Å²) in [7, 11) is 0. The van der Waals surface area contributed by atoms with Gasteiger partial charge in [0.05, 0.1) is 35.7 Å². The average molecular weight is 617 g/mol. The smallest absolute Gasteiger partial charge is 0.158 e. The van der Waals surface area contributed by atoms with Gasteiger partial charge in [-0.2, -0.15) is 0 Å². The second-order valence-corrected chi connectivity index (χ2v) is 11.9. The van der Waals surface area contributed by atoms with Gasteiger partial charge in [-0.25, -0.2) is 0 Å². The molecule has 2 aromatic carbocycles. The van der Waals surface area contributed by atoms with Crippen molar-refractivity contribution >= 4 is 28.9 Å². The number of aromatic nitrogens is 1. The molecular formula is C32H39Cl2N3O5. The van der Waals surface area contributed by atoms with E-state index in [1.54, 1.807) is 12.3 Å². The molecule has 3 aromatic rings. The number of ether oxygens (including phenoxy) is 3. The first kappa shape index (κ1) is 31.0. The fourth-order valence-electron chi connectivity index (χ4n) is 5.59. The SMILES string of the molecule is C[C@@](O)(CN1CCN(c2ccc(OCCO)cc2Cl)[C@H](c2ccc(Cl)cc2)C1)c1ccc(COC2CCCCO2)nc1. The molecule has 0 bridgehead atoms. The number of nitrogens with zero attached hydrogens (tertiary/aromatic N) is 3. The van der Waals surface area contributed by atoms with E-state index in [-0.39, 0.29) is 25.5 Å². The summed E-state index contributed by atoms with van der Waals surface area (Å²) < 4.78 is 17.0. The largest absolute Gasteiger partial charge is 0.491 e. The highest BCUT2D eigenvalue weighted by atomic mass is 35.5. The van der Waals surface area contributed by atoms with E-state index in [0.29, 0.717) is 42.0 Å². The zero-order valence-corrected chi connectivity index (χ0v) is 25.4. The first-order valence-corrected chi connectivity index (χ1v) is 15.3. The van der Waals surface area contributed by atoms with Crippen molar-refractivity contribution in [2.24, 2.45) is 0 Å². The first-order chi connectivity index (χ1) is 20.3. The molecule has 226 valence electrons. The van der Waals surface area contributed by atoms with Crippen LogP contribution in [-0.4, -0.2) is 72.4 Å². The quantitative estimate of drug-likeness (QED) is 0.289. The third-order valence-electron chi connectivity index (χ3n) is 7.84. The van der Waals surface area contributed by atoms with Crippen LogP contribution in [0.4, 0.5) is 5.69 Å². The molecule has 2 N–H and O–H groups in total. The predicted molar refractivity (Wildman–Crippen MR) is 164 cm³/mol. The molecule has 0 saturated carbocycles. The van der Waals surface area contributed by atoms with E-state index >= 15 is 0 Å². The van der Waals surface area contributed by atoms with Crippen LogP contribution in [0.1, 0.15) is 49.0 Å². The van der Waals surface area contributed by atoms with Gasteiger partial charge in [-0.1, -0.05) is 41.4 Å². The van der Waals surface area contributed by atoms with Gasteiger partial charge >= 0.3 is 0 Å². The summed E-state index contributed by atoms with van der Waals surface area (Å²) in [6.07, 6.45) is 4.69. The van der Waals surface area contributed by atoms with Crippen LogP contribution < -0.4 is 9.64 Å². The molecule has 0 spiro atoms. The van der Waals surface area contributed by atoms with Crippen molar-refractivity contribution in [1.29, 1.82) is 0 Å². The van der Waals surface area contributed by atoms with E-state index in [9.17, 15) is 5.11 Å². The van der Waals surface area contributed by atoms with Crippen LogP contribution >= 0.6 is 23.2 Å². The third-order valence-corrected chi connectivity index (χ3v) is 8.40. The highest BCUT2D eigenvalue weighted by Gasteiger charge is 2.34. The lowest BCUT2D eigenvalue weighted by Crippen LogP contribution is -2.52. The van der Waals surface area contributed by atoms with Crippen molar-refractivity contribution < 1.29 is 24.4 Å². The highest BCUT2D eigenvalue weighted by molar-refractivity contribution is 6.33. The maximum absolute atomic E-state index is 11.6. The van der Waals surface area contributed by atoms with E-state index in [4.69, 9.17) is 42.5 Å². The molecule has 0 aliphatic carbocycles. The van der Waals surface area contributed by atoms with E-state index in [1.165, 1.54) is 0 Å². The Hall–Kier alpha value is -2.43. The Morgan fingerprint density at radius 1 is 1.07 bits per heavy atom. The maximum atomic E-state index is 11.6. The minimum atomic E-state index is -1.10. The number of anilines is 1. The summed E-state index contributed by atoms with van der Waals surface area (Å²) >= 11 is 13.0. The summed E-state index contributed by atoms with van der Waals surface area (Å²) in [5.41, 5.74) is 2.47. The Kier molecular flexibility index (Phi) is 10.6. The van der Waals surface area contributed by atoms with Gasteiger partial charge in [0.25, 0.3) is 0 Å². The lowest BCUT2D eigenvalue weighted by Gasteiger charge is -2.45. The molecule has 2 aliphatic rings. The van der Waals surface area contributed by atoms with Crippen LogP contribution in [0.5, 0.6) is 5.75 Å². The molecular weight excluding hydrogens is 577 g/mol. The Morgan fingerprint density at radius 3 is 2.60 bits per heavy atom. The van der Waals surface area contributed by atoms with E-state index in [0.717, 1.165) is 54.9 Å². The van der Waals surface area contributed by atoms with E-state index < -0.39 is 5.60 Å². The number of pyridine rings is 1. The molecule has 3 heterocycles. The number of hydrogen-bond acceptors (Lipinski definition) is 8. The van der Waals surface area contributed by atoms with Crippen molar-refractivity contribution in [3.63, 3.8) is 0 Å². The highest BCUT2D eigenvalue weighted by Crippen LogP contribution is 2.38. The van der Waals surface area contributed by atoms with Gasteiger partial charge in [0.2, 0.25) is 0 Å². The average Bonchev–Trinajstić information content (AvgIpc) is 3.00. The fourth-order valence-corrected chi connectivity index (χ4v) is 6.00. The molecule has 1 unspecified atom stereocenters. The number of hydrogen-bond donors (Lipinski definition) is 2. The monoisotopic (exact) mass is 615 g/mol. The van der Waals surface area contributed by atoms with Crippen LogP contribution in [0.25, 0.3) is 0 Å². The van der Waals surface area contributed by atoms with Crippen molar-refractivity contribution in [3.8, 4) is 5.75 Å². The summed E-state index contributed by atoms with van der Waals surface area (Å²) in [4.78, 5) is 9.13. The lowest BCUT2D eigenvalue weighted by atomic mass is 9.95. The van der Waals surface area contributed by atoms with Gasteiger partial charge in [0.1, 0.15) is 18.0 Å².